The Bertz CT molecular complexity index is 1060. The molecule has 5 rings (SSSR count). The zero-order chi connectivity index (χ0) is 23.8. The Hall–Kier alpha value is -2.29. The van der Waals surface area contributed by atoms with Gasteiger partial charge < -0.3 is 20.2 Å². The predicted molar refractivity (Wildman–Crippen MR) is 129 cm³/mol. The lowest BCUT2D eigenvalue weighted by Crippen LogP contribution is -2.51. The van der Waals surface area contributed by atoms with Crippen molar-refractivity contribution in [3.8, 4) is 0 Å². The average Bonchev–Trinajstić information content (AvgIpc) is 3.61. The number of aromatic nitrogens is 2. The standard InChI is InChI=1S/C25H31ClFN5O2/c1-15-10-21(33)23-22(15)24(30-14-29-23)31-6-8-32(9-7-31)25(34)19(13-28-12-16-2-3-16)18-5-4-17(26)11-20(18)27/h4-5,11,14-16,19,21,28,33H,2-3,6-10,12-13H2,1H3/t15-,19-,21-/m1/s1. The number of nitrogens with zero attached hydrogens (tertiary/aromatic N) is 4. The van der Waals surface area contributed by atoms with Crippen molar-refractivity contribution in [3.63, 3.8) is 0 Å². The molecule has 0 bridgehead atoms. The molecule has 182 valence electrons. The molecule has 2 fully saturated rings. The molecule has 2 N–H and O–H groups in total. The van der Waals surface area contributed by atoms with Gasteiger partial charge in [0.05, 0.1) is 17.7 Å². The number of benzene rings is 1. The Morgan fingerprint density at radius 1 is 1.26 bits per heavy atom. The average molecular weight is 488 g/mol. The molecule has 1 saturated heterocycles. The van der Waals surface area contributed by atoms with Crippen molar-refractivity contribution in [3.05, 3.63) is 52.2 Å². The lowest BCUT2D eigenvalue weighted by Gasteiger charge is -2.38. The quantitative estimate of drug-likeness (QED) is 0.624. The Labute approximate surface area is 204 Å². The molecule has 9 heteroatoms. The van der Waals surface area contributed by atoms with Crippen molar-refractivity contribution in [2.75, 3.05) is 44.2 Å². The van der Waals surface area contributed by atoms with Gasteiger partial charge in [-0.15, -0.1) is 0 Å². The molecule has 7 nitrogen and oxygen atoms in total. The van der Waals surface area contributed by atoms with Gasteiger partial charge in [-0.3, -0.25) is 4.79 Å². The first-order valence-corrected chi connectivity index (χ1v) is 12.5. The number of amides is 1. The minimum Gasteiger partial charge on any atom is -0.387 e. The second-order valence-electron chi connectivity index (χ2n) is 9.78. The van der Waals surface area contributed by atoms with Gasteiger partial charge in [-0.25, -0.2) is 14.4 Å². The predicted octanol–water partition coefficient (Wildman–Crippen LogP) is 3.24. The van der Waals surface area contributed by atoms with Gasteiger partial charge >= 0.3 is 0 Å². The number of piperazine rings is 1. The summed E-state index contributed by atoms with van der Waals surface area (Å²) in [5, 5.41) is 14.0. The van der Waals surface area contributed by atoms with Crippen molar-refractivity contribution in [2.24, 2.45) is 5.92 Å². The van der Waals surface area contributed by atoms with Crippen molar-refractivity contribution in [2.45, 2.75) is 44.1 Å². The molecule has 2 heterocycles. The molecular formula is C25H31ClFN5O2. The molecule has 1 amide bonds. The van der Waals surface area contributed by atoms with Crippen LogP contribution in [0.3, 0.4) is 0 Å². The smallest absolute Gasteiger partial charge is 0.231 e. The zero-order valence-corrected chi connectivity index (χ0v) is 20.1. The van der Waals surface area contributed by atoms with Crippen LogP contribution in [0, 0.1) is 11.7 Å². The molecule has 3 atom stereocenters. The van der Waals surface area contributed by atoms with Gasteiger partial charge in [-0.1, -0.05) is 24.6 Å². The van der Waals surface area contributed by atoms with E-state index in [9.17, 15) is 14.3 Å². The van der Waals surface area contributed by atoms with E-state index in [-0.39, 0.29) is 11.8 Å². The molecule has 1 aliphatic heterocycles. The Morgan fingerprint density at radius 3 is 2.74 bits per heavy atom. The summed E-state index contributed by atoms with van der Waals surface area (Å²) in [6, 6.07) is 4.55. The summed E-state index contributed by atoms with van der Waals surface area (Å²) in [5.74, 6) is 0.608. The van der Waals surface area contributed by atoms with E-state index >= 15 is 0 Å². The number of carbonyl (C=O) groups is 1. The lowest BCUT2D eigenvalue weighted by molar-refractivity contribution is -0.133. The Balaban J connectivity index is 1.29. The number of fused-ring (bicyclic) bond motifs is 1. The van der Waals surface area contributed by atoms with Crippen LogP contribution in [0.4, 0.5) is 10.2 Å². The number of aliphatic hydroxyl groups excluding tert-OH is 1. The molecule has 0 radical (unpaired) electrons. The van der Waals surface area contributed by atoms with Crippen molar-refractivity contribution < 1.29 is 14.3 Å². The molecule has 2 aromatic rings. The van der Waals surface area contributed by atoms with Crippen LogP contribution in [0.15, 0.2) is 24.5 Å². The number of carbonyl (C=O) groups excluding carboxylic acids is 1. The summed E-state index contributed by atoms with van der Waals surface area (Å²) >= 11 is 5.96. The molecule has 1 saturated carbocycles. The SMILES string of the molecule is C[C@@H]1C[C@@H](O)c2ncnc(N3CCN(C(=O)[C@H](CNCC4CC4)c4ccc(Cl)cc4F)CC3)c21. The molecule has 0 spiro atoms. The van der Waals surface area contributed by atoms with Crippen LogP contribution >= 0.6 is 11.6 Å². The van der Waals surface area contributed by atoms with Crippen LogP contribution in [-0.2, 0) is 4.79 Å². The van der Waals surface area contributed by atoms with E-state index < -0.39 is 17.8 Å². The number of hydrogen-bond acceptors (Lipinski definition) is 6. The number of halogens is 2. The summed E-state index contributed by atoms with van der Waals surface area (Å²) in [6.07, 6.45) is 4.04. The summed E-state index contributed by atoms with van der Waals surface area (Å²) in [6.45, 7) is 5.67. The molecule has 2 aliphatic carbocycles. The second-order valence-corrected chi connectivity index (χ2v) is 10.2. The minimum absolute atomic E-state index is 0.0686. The lowest BCUT2D eigenvalue weighted by atomic mass is 9.96. The fourth-order valence-electron chi connectivity index (χ4n) is 5.18. The molecule has 0 unspecified atom stereocenters. The highest BCUT2D eigenvalue weighted by atomic mass is 35.5. The third kappa shape index (κ3) is 4.76. The third-order valence-corrected chi connectivity index (χ3v) is 7.52. The van der Waals surface area contributed by atoms with Crippen LogP contribution in [0.1, 0.15) is 60.9 Å². The molecule has 1 aromatic heterocycles. The van der Waals surface area contributed by atoms with Gasteiger partial charge in [-0.05, 0) is 49.8 Å². The maximum absolute atomic E-state index is 14.8. The highest BCUT2D eigenvalue weighted by molar-refractivity contribution is 6.30. The van der Waals surface area contributed by atoms with Crippen LogP contribution in [0.25, 0.3) is 0 Å². The first kappa shape index (κ1) is 23.5. The van der Waals surface area contributed by atoms with Crippen molar-refractivity contribution in [1.29, 1.82) is 0 Å². The van der Waals surface area contributed by atoms with E-state index in [4.69, 9.17) is 11.6 Å². The molecule has 3 aliphatic rings. The van der Waals surface area contributed by atoms with Gasteiger partial charge in [0.15, 0.2) is 0 Å². The van der Waals surface area contributed by atoms with Gasteiger partial charge in [0.2, 0.25) is 5.91 Å². The van der Waals surface area contributed by atoms with E-state index in [2.05, 4.69) is 27.1 Å². The van der Waals surface area contributed by atoms with Crippen LogP contribution in [-0.4, -0.2) is 65.2 Å². The van der Waals surface area contributed by atoms with Gasteiger partial charge in [0, 0.05) is 48.9 Å². The summed E-state index contributed by atoms with van der Waals surface area (Å²) in [7, 11) is 0. The molecule has 34 heavy (non-hydrogen) atoms. The molecule has 1 aromatic carbocycles. The second kappa shape index (κ2) is 9.76. The van der Waals surface area contributed by atoms with E-state index in [1.54, 1.807) is 12.1 Å². The summed E-state index contributed by atoms with van der Waals surface area (Å²) in [4.78, 5) is 26.4. The number of nitrogens with one attached hydrogen (secondary N) is 1. The van der Waals surface area contributed by atoms with E-state index in [1.807, 2.05) is 4.90 Å². The number of hydrogen-bond donors (Lipinski definition) is 2. The van der Waals surface area contributed by atoms with Gasteiger partial charge in [-0.2, -0.15) is 0 Å². The topological polar surface area (TPSA) is 81.6 Å². The monoisotopic (exact) mass is 487 g/mol. The van der Waals surface area contributed by atoms with Gasteiger partial charge in [0.25, 0.3) is 0 Å². The fourth-order valence-corrected chi connectivity index (χ4v) is 5.34. The zero-order valence-electron chi connectivity index (χ0n) is 19.4. The van der Waals surface area contributed by atoms with Crippen molar-refractivity contribution in [1.82, 2.24) is 20.2 Å². The van der Waals surface area contributed by atoms with Crippen molar-refractivity contribution >= 4 is 23.3 Å². The van der Waals surface area contributed by atoms with Crippen LogP contribution < -0.4 is 10.2 Å². The summed E-state index contributed by atoms with van der Waals surface area (Å²) < 4.78 is 14.8. The number of rotatable bonds is 7. The maximum Gasteiger partial charge on any atom is 0.231 e. The Kier molecular flexibility index (Phi) is 6.73. The third-order valence-electron chi connectivity index (χ3n) is 7.28. The summed E-state index contributed by atoms with van der Waals surface area (Å²) in [5.41, 5.74) is 2.12. The van der Waals surface area contributed by atoms with E-state index in [0.29, 0.717) is 55.6 Å². The van der Waals surface area contributed by atoms with Crippen LogP contribution in [0.5, 0.6) is 0 Å². The first-order valence-electron chi connectivity index (χ1n) is 12.1. The van der Waals surface area contributed by atoms with Crippen LogP contribution in [0.2, 0.25) is 5.02 Å². The minimum atomic E-state index is -0.596. The molecular weight excluding hydrogens is 457 g/mol. The maximum atomic E-state index is 14.8. The number of aliphatic hydroxyl groups is 1. The Morgan fingerprint density at radius 2 is 2.03 bits per heavy atom. The fraction of sp³-hybridized carbons (Fsp3) is 0.560. The first-order chi connectivity index (χ1) is 16.4. The number of anilines is 1. The highest BCUT2D eigenvalue weighted by Crippen LogP contribution is 2.42. The normalized spacial score (nSPS) is 23.2. The van der Waals surface area contributed by atoms with E-state index in [1.165, 1.54) is 25.2 Å². The van der Waals surface area contributed by atoms with E-state index in [0.717, 1.165) is 23.6 Å². The van der Waals surface area contributed by atoms with Gasteiger partial charge in [0.1, 0.15) is 18.0 Å². The highest BCUT2D eigenvalue weighted by Gasteiger charge is 2.35. The largest absolute Gasteiger partial charge is 0.387 e.